The minimum Gasteiger partial charge on any atom is -0.451 e. The minimum atomic E-state index is -1.08. The summed E-state index contributed by atoms with van der Waals surface area (Å²) in [7, 11) is 0. The van der Waals surface area contributed by atoms with Gasteiger partial charge in [0.25, 0.3) is 11.8 Å². The molecule has 1 atom stereocenters. The van der Waals surface area contributed by atoms with Crippen LogP contribution < -0.4 is 4.90 Å². The molecule has 0 N–H and O–H groups in total. The topological polar surface area (TPSA) is 93.6 Å². The number of aryl methyl sites for hydroxylation is 1. The molecule has 0 bridgehead atoms. The Morgan fingerprint density at radius 1 is 0.886 bits per heavy atom. The number of imide groups is 1. The summed E-state index contributed by atoms with van der Waals surface area (Å²) in [4.78, 5) is 58.4. The minimum absolute atomic E-state index is 0.186. The fraction of sp³-hybridized carbons (Fsp3) is 0.0882. The van der Waals surface area contributed by atoms with Crippen molar-refractivity contribution >= 4 is 79.3 Å². The molecule has 218 valence electrons. The number of anilines is 1. The van der Waals surface area contributed by atoms with Gasteiger partial charge in [-0.25, -0.2) is 14.7 Å². The third kappa shape index (κ3) is 5.19. The number of fused-ring (bicyclic) bond motifs is 2. The molecule has 0 radical (unpaired) electrons. The van der Waals surface area contributed by atoms with E-state index in [0.29, 0.717) is 64.6 Å². The summed E-state index contributed by atoms with van der Waals surface area (Å²) in [6.45, 7) is 3.30. The standard InChI is InChI=1S/C34H21BrCl2N2O5/c1-17-29(37)27(35)15-25-26(34(43)44-18(2)31(40)20-7-11-21(36)12-8-20)16-28(38-30(17)25)19-9-13-22(14-10-19)39-32(41)23-5-3-4-6-24(23)33(39)42/h3-16,18H,1-2H3. The molecule has 2 heterocycles. The maximum Gasteiger partial charge on any atom is 0.339 e. The Labute approximate surface area is 270 Å². The number of Topliss-reactive ketones (excluding diaryl/α,β-unsaturated/α-hetero) is 1. The van der Waals surface area contributed by atoms with Crippen molar-refractivity contribution in [3.63, 3.8) is 0 Å². The average Bonchev–Trinajstić information content (AvgIpc) is 3.28. The number of amides is 2. The van der Waals surface area contributed by atoms with E-state index in [1.807, 2.05) is 0 Å². The molecule has 0 spiro atoms. The molecule has 1 aromatic heterocycles. The first-order valence-corrected chi connectivity index (χ1v) is 15.0. The van der Waals surface area contributed by atoms with Crippen molar-refractivity contribution in [1.82, 2.24) is 4.98 Å². The van der Waals surface area contributed by atoms with Gasteiger partial charge >= 0.3 is 5.97 Å². The predicted octanol–water partition coefficient (Wildman–Crippen LogP) is 8.51. The van der Waals surface area contributed by atoms with E-state index in [-0.39, 0.29) is 11.3 Å². The number of carbonyl (C=O) groups is 4. The summed E-state index contributed by atoms with van der Waals surface area (Å²) in [5, 5.41) is 1.41. The van der Waals surface area contributed by atoms with Crippen LogP contribution in [0.3, 0.4) is 0 Å². The molecule has 1 unspecified atom stereocenters. The molecular weight excluding hydrogens is 667 g/mol. The van der Waals surface area contributed by atoms with Crippen LogP contribution in [0.15, 0.2) is 89.4 Å². The molecule has 0 fully saturated rings. The fourth-order valence-corrected chi connectivity index (χ4v) is 5.90. The monoisotopic (exact) mass is 686 g/mol. The first-order valence-electron chi connectivity index (χ1n) is 13.4. The van der Waals surface area contributed by atoms with Gasteiger partial charge in [-0.1, -0.05) is 47.5 Å². The Morgan fingerprint density at radius 3 is 2.11 bits per heavy atom. The lowest BCUT2D eigenvalue weighted by atomic mass is 10.0. The van der Waals surface area contributed by atoms with Crippen LogP contribution in [-0.4, -0.2) is 34.7 Å². The summed E-state index contributed by atoms with van der Waals surface area (Å²) in [5.41, 5.74) is 3.80. The molecule has 10 heteroatoms. The Balaban J connectivity index is 1.36. The Hall–Kier alpha value is -4.37. The highest BCUT2D eigenvalue weighted by atomic mass is 79.9. The van der Waals surface area contributed by atoms with E-state index in [1.54, 1.807) is 91.9 Å². The number of aromatic nitrogens is 1. The largest absolute Gasteiger partial charge is 0.451 e. The van der Waals surface area contributed by atoms with Crippen molar-refractivity contribution in [2.75, 3.05) is 4.90 Å². The van der Waals surface area contributed by atoms with E-state index in [4.69, 9.17) is 32.9 Å². The number of ether oxygens (including phenoxy) is 1. The molecule has 2 amide bonds. The molecule has 5 aromatic rings. The second-order valence-electron chi connectivity index (χ2n) is 10.2. The second kappa shape index (κ2) is 11.6. The number of hydrogen-bond donors (Lipinski definition) is 0. The number of carbonyl (C=O) groups excluding carboxylic acids is 4. The van der Waals surface area contributed by atoms with Crippen LogP contribution in [0.25, 0.3) is 22.2 Å². The predicted molar refractivity (Wildman–Crippen MR) is 173 cm³/mol. The van der Waals surface area contributed by atoms with Gasteiger partial charge in [0.2, 0.25) is 5.78 Å². The molecule has 1 aliphatic rings. The van der Waals surface area contributed by atoms with Crippen LogP contribution >= 0.6 is 39.1 Å². The number of hydrogen-bond acceptors (Lipinski definition) is 6. The Morgan fingerprint density at radius 2 is 1.50 bits per heavy atom. The quantitative estimate of drug-likeness (QED) is 0.101. The van der Waals surface area contributed by atoms with Crippen molar-refractivity contribution in [3.8, 4) is 11.3 Å². The smallest absolute Gasteiger partial charge is 0.339 e. The van der Waals surface area contributed by atoms with Gasteiger partial charge in [0, 0.05) is 26.0 Å². The zero-order valence-electron chi connectivity index (χ0n) is 23.2. The third-order valence-corrected chi connectivity index (χ3v) is 9.03. The van der Waals surface area contributed by atoms with Crippen molar-refractivity contribution in [3.05, 3.63) is 127 Å². The summed E-state index contributed by atoms with van der Waals surface area (Å²) in [6, 6.07) is 23.0. The highest BCUT2D eigenvalue weighted by molar-refractivity contribution is 9.10. The molecule has 6 rings (SSSR count). The second-order valence-corrected chi connectivity index (χ2v) is 11.9. The molecule has 44 heavy (non-hydrogen) atoms. The number of pyridine rings is 1. The van der Waals surface area contributed by atoms with Gasteiger partial charge in [-0.2, -0.15) is 0 Å². The molecule has 7 nitrogen and oxygen atoms in total. The number of rotatable bonds is 6. The molecule has 4 aromatic carbocycles. The van der Waals surface area contributed by atoms with E-state index in [1.165, 1.54) is 6.92 Å². The van der Waals surface area contributed by atoms with Gasteiger partial charge in [0.15, 0.2) is 6.10 Å². The number of halogens is 3. The van der Waals surface area contributed by atoms with Crippen molar-refractivity contribution < 1.29 is 23.9 Å². The van der Waals surface area contributed by atoms with Crippen LogP contribution in [0.5, 0.6) is 0 Å². The molecule has 0 saturated heterocycles. The van der Waals surface area contributed by atoms with E-state index >= 15 is 0 Å². The van der Waals surface area contributed by atoms with E-state index in [9.17, 15) is 19.2 Å². The molecule has 0 saturated carbocycles. The van der Waals surface area contributed by atoms with Gasteiger partial charge < -0.3 is 4.74 Å². The fourth-order valence-electron chi connectivity index (χ4n) is 5.11. The number of esters is 1. The zero-order valence-corrected chi connectivity index (χ0v) is 26.3. The lowest BCUT2D eigenvalue weighted by Gasteiger charge is -2.17. The van der Waals surface area contributed by atoms with Crippen LogP contribution in [0, 0.1) is 6.92 Å². The summed E-state index contributed by atoms with van der Waals surface area (Å²) < 4.78 is 6.23. The van der Waals surface area contributed by atoms with E-state index in [2.05, 4.69) is 15.9 Å². The average molecular weight is 688 g/mol. The maximum atomic E-state index is 13.6. The van der Waals surface area contributed by atoms with Crippen LogP contribution in [0.2, 0.25) is 10.0 Å². The van der Waals surface area contributed by atoms with Crippen LogP contribution in [0.4, 0.5) is 5.69 Å². The third-order valence-electron chi connectivity index (χ3n) is 7.44. The molecule has 1 aliphatic heterocycles. The van der Waals surface area contributed by atoms with Crippen molar-refractivity contribution in [1.29, 1.82) is 0 Å². The summed E-state index contributed by atoms with van der Waals surface area (Å²) in [6.07, 6.45) is -1.08. The van der Waals surface area contributed by atoms with Gasteiger partial charge in [-0.3, -0.25) is 14.4 Å². The molecule has 0 aliphatic carbocycles. The number of benzene rings is 4. The Bertz CT molecular complexity index is 1990. The van der Waals surface area contributed by atoms with E-state index in [0.717, 1.165) is 4.90 Å². The van der Waals surface area contributed by atoms with Crippen LogP contribution in [-0.2, 0) is 4.74 Å². The van der Waals surface area contributed by atoms with Crippen molar-refractivity contribution in [2.24, 2.45) is 0 Å². The van der Waals surface area contributed by atoms with Gasteiger partial charge in [0.1, 0.15) is 0 Å². The zero-order chi connectivity index (χ0) is 31.3. The van der Waals surface area contributed by atoms with Crippen LogP contribution in [0.1, 0.15) is 53.9 Å². The first-order chi connectivity index (χ1) is 21.0. The number of ketones is 1. The summed E-state index contributed by atoms with van der Waals surface area (Å²) in [5.74, 6) is -1.89. The van der Waals surface area contributed by atoms with E-state index < -0.39 is 23.9 Å². The highest BCUT2D eigenvalue weighted by Crippen LogP contribution is 2.36. The lowest BCUT2D eigenvalue weighted by molar-refractivity contribution is 0.0320. The SMILES string of the molecule is Cc1c(Cl)c(Br)cc2c(C(=O)OC(C)C(=O)c3ccc(Cl)cc3)cc(-c3ccc(N4C(=O)c5ccccc5C4=O)cc3)nc12. The maximum absolute atomic E-state index is 13.6. The Kier molecular flexibility index (Phi) is 7.84. The van der Waals surface area contributed by atoms with Gasteiger partial charge in [-0.15, -0.1) is 0 Å². The van der Waals surface area contributed by atoms with Crippen molar-refractivity contribution in [2.45, 2.75) is 20.0 Å². The first kappa shape index (κ1) is 29.7. The van der Waals surface area contributed by atoms with Gasteiger partial charge in [-0.05, 0) is 96.0 Å². The number of nitrogens with zero attached hydrogens (tertiary/aromatic N) is 2. The lowest BCUT2D eigenvalue weighted by Crippen LogP contribution is -2.29. The highest BCUT2D eigenvalue weighted by Gasteiger charge is 2.36. The normalized spacial score (nSPS) is 13.2. The molecular formula is C34H21BrCl2N2O5. The summed E-state index contributed by atoms with van der Waals surface area (Å²) >= 11 is 15.9. The van der Waals surface area contributed by atoms with Gasteiger partial charge in [0.05, 0.1) is 38.6 Å².